The molecule has 0 aliphatic rings. The van der Waals surface area contributed by atoms with Gasteiger partial charge in [-0.15, -0.1) is 5.73 Å². The molecule has 0 aliphatic heterocycles. The van der Waals surface area contributed by atoms with Crippen molar-refractivity contribution in [2.75, 3.05) is 6.61 Å². The summed E-state index contributed by atoms with van der Waals surface area (Å²) in [6.07, 6.45) is 6.18. The second kappa shape index (κ2) is 8.78. The molecule has 1 unspecified atom stereocenters. The monoisotopic (exact) mass is 246 g/mol. The van der Waals surface area contributed by atoms with Crippen molar-refractivity contribution in [1.29, 1.82) is 0 Å². The van der Waals surface area contributed by atoms with Gasteiger partial charge in [0.1, 0.15) is 0 Å². The number of unbranched alkanes of at least 4 members (excludes halogenated alkanes) is 2. The molecule has 1 atom stereocenters. The van der Waals surface area contributed by atoms with Crippen molar-refractivity contribution in [2.45, 2.75) is 52.9 Å². The molecule has 94 valence electrons. The van der Waals surface area contributed by atoms with Gasteiger partial charge in [0.2, 0.25) is 0 Å². The summed E-state index contributed by atoms with van der Waals surface area (Å²) in [5, 5.41) is 0.421. The Morgan fingerprint density at radius 3 is 2.56 bits per heavy atom. The first-order chi connectivity index (χ1) is 7.58. The highest BCUT2D eigenvalue weighted by molar-refractivity contribution is 7.57. The van der Waals surface area contributed by atoms with E-state index in [2.05, 4.69) is 19.6 Å². The molecular formula is C12H23O3P. The van der Waals surface area contributed by atoms with Crippen LogP contribution in [-0.4, -0.2) is 11.5 Å². The predicted octanol–water partition coefficient (Wildman–Crippen LogP) is 4.24. The van der Waals surface area contributed by atoms with E-state index in [1.807, 2.05) is 6.08 Å². The Labute approximate surface area is 98.7 Å². The molecular weight excluding hydrogens is 223 g/mol. The number of hydrogen-bond donors (Lipinski definition) is 1. The van der Waals surface area contributed by atoms with Crippen LogP contribution in [0.2, 0.25) is 0 Å². The average Bonchev–Trinajstić information content (AvgIpc) is 2.22. The third-order valence-corrected chi connectivity index (χ3v) is 3.76. The van der Waals surface area contributed by atoms with Crippen molar-refractivity contribution in [3.63, 3.8) is 0 Å². The standard InChI is InChI=1S/C12H23O3P/c1-4-7-9-11-12(10-8-5-2)16(13,14)15-6-3/h9H,4-8,10H2,1-3H3,(H,13,14). The Morgan fingerprint density at radius 2 is 2.06 bits per heavy atom. The molecule has 0 spiro atoms. The minimum Gasteiger partial charge on any atom is -0.321 e. The van der Waals surface area contributed by atoms with Gasteiger partial charge in [0.05, 0.1) is 11.9 Å². The Kier molecular flexibility index (Phi) is 8.60. The van der Waals surface area contributed by atoms with Crippen LogP contribution in [0.5, 0.6) is 0 Å². The van der Waals surface area contributed by atoms with E-state index < -0.39 is 7.60 Å². The summed E-state index contributed by atoms with van der Waals surface area (Å²) < 4.78 is 16.7. The summed E-state index contributed by atoms with van der Waals surface area (Å²) >= 11 is 0. The summed E-state index contributed by atoms with van der Waals surface area (Å²) in [6, 6.07) is 0. The number of rotatable bonds is 8. The molecule has 0 aromatic heterocycles. The third-order valence-electron chi connectivity index (χ3n) is 2.11. The van der Waals surface area contributed by atoms with Crippen LogP contribution in [-0.2, 0) is 9.09 Å². The molecule has 0 aromatic rings. The fraction of sp³-hybridized carbons (Fsp3) is 0.750. The Morgan fingerprint density at radius 1 is 1.38 bits per heavy atom. The van der Waals surface area contributed by atoms with Gasteiger partial charge in [-0.1, -0.05) is 26.7 Å². The van der Waals surface area contributed by atoms with E-state index in [1.54, 1.807) is 6.92 Å². The van der Waals surface area contributed by atoms with Crippen LogP contribution in [0.4, 0.5) is 0 Å². The van der Waals surface area contributed by atoms with Crippen LogP contribution >= 0.6 is 7.60 Å². The first kappa shape index (κ1) is 15.7. The SMILES string of the molecule is CCCC=C=C(CCCC)P(=O)(O)OCC. The van der Waals surface area contributed by atoms with Gasteiger partial charge in [0.15, 0.2) is 0 Å². The zero-order chi connectivity index (χ0) is 12.4. The molecule has 0 rings (SSSR count). The number of allylic oxidation sites excluding steroid dienone is 1. The topological polar surface area (TPSA) is 46.5 Å². The van der Waals surface area contributed by atoms with Crippen molar-refractivity contribution in [1.82, 2.24) is 0 Å². The van der Waals surface area contributed by atoms with Crippen LogP contribution in [0, 0.1) is 0 Å². The van der Waals surface area contributed by atoms with Crippen LogP contribution in [0.15, 0.2) is 17.1 Å². The fourth-order valence-electron chi connectivity index (χ4n) is 1.23. The van der Waals surface area contributed by atoms with Gasteiger partial charge in [-0.05, 0) is 32.3 Å². The molecule has 0 saturated heterocycles. The zero-order valence-electron chi connectivity index (χ0n) is 10.5. The lowest BCUT2D eigenvalue weighted by Crippen LogP contribution is -1.92. The molecule has 0 radical (unpaired) electrons. The maximum atomic E-state index is 11.8. The van der Waals surface area contributed by atoms with Crippen LogP contribution in [0.25, 0.3) is 0 Å². The van der Waals surface area contributed by atoms with E-state index in [0.29, 0.717) is 11.7 Å². The fourth-order valence-corrected chi connectivity index (χ4v) is 2.43. The quantitative estimate of drug-likeness (QED) is 0.514. The third kappa shape index (κ3) is 6.30. The van der Waals surface area contributed by atoms with E-state index in [4.69, 9.17) is 4.52 Å². The van der Waals surface area contributed by atoms with Crippen LogP contribution < -0.4 is 0 Å². The molecule has 0 fully saturated rings. The lowest BCUT2D eigenvalue weighted by atomic mass is 10.2. The molecule has 3 nitrogen and oxygen atoms in total. The zero-order valence-corrected chi connectivity index (χ0v) is 11.4. The summed E-state index contributed by atoms with van der Waals surface area (Å²) in [4.78, 5) is 9.71. The Hall–Kier alpha value is -0.330. The van der Waals surface area contributed by atoms with E-state index in [-0.39, 0.29) is 6.61 Å². The van der Waals surface area contributed by atoms with Crippen LogP contribution in [0.3, 0.4) is 0 Å². The molecule has 0 bridgehead atoms. The van der Waals surface area contributed by atoms with Crippen molar-refractivity contribution in [3.8, 4) is 0 Å². The first-order valence-corrected chi connectivity index (χ1v) is 7.58. The van der Waals surface area contributed by atoms with Gasteiger partial charge in [-0.2, -0.15) is 0 Å². The minimum atomic E-state index is -3.60. The second-order valence-electron chi connectivity index (χ2n) is 3.63. The lowest BCUT2D eigenvalue weighted by molar-refractivity contribution is 0.279. The van der Waals surface area contributed by atoms with Crippen LogP contribution in [0.1, 0.15) is 52.9 Å². The maximum absolute atomic E-state index is 11.8. The van der Waals surface area contributed by atoms with Gasteiger partial charge in [0.25, 0.3) is 0 Å². The van der Waals surface area contributed by atoms with Gasteiger partial charge >= 0.3 is 7.60 Å². The Bertz CT molecular complexity index is 291. The first-order valence-electron chi connectivity index (χ1n) is 6.00. The number of hydrogen-bond acceptors (Lipinski definition) is 2. The van der Waals surface area contributed by atoms with Gasteiger partial charge in [-0.25, -0.2) is 0 Å². The minimum absolute atomic E-state index is 0.249. The van der Waals surface area contributed by atoms with Gasteiger partial charge in [0, 0.05) is 0 Å². The highest BCUT2D eigenvalue weighted by atomic mass is 31.2. The molecule has 4 heteroatoms. The average molecular weight is 246 g/mol. The second-order valence-corrected chi connectivity index (χ2v) is 5.46. The van der Waals surface area contributed by atoms with E-state index in [0.717, 1.165) is 25.7 Å². The molecule has 0 saturated carbocycles. The summed E-state index contributed by atoms with van der Waals surface area (Å²) in [7, 11) is -3.60. The molecule has 1 N–H and O–H groups in total. The van der Waals surface area contributed by atoms with E-state index >= 15 is 0 Å². The Balaban J connectivity index is 4.78. The van der Waals surface area contributed by atoms with Crippen molar-refractivity contribution >= 4 is 7.60 Å². The normalized spacial score (nSPS) is 14.0. The highest BCUT2D eigenvalue weighted by Crippen LogP contribution is 2.52. The highest BCUT2D eigenvalue weighted by Gasteiger charge is 2.24. The molecule has 16 heavy (non-hydrogen) atoms. The van der Waals surface area contributed by atoms with Crippen molar-refractivity contribution in [3.05, 3.63) is 17.1 Å². The van der Waals surface area contributed by atoms with Gasteiger partial charge < -0.3 is 9.42 Å². The van der Waals surface area contributed by atoms with Crippen molar-refractivity contribution < 1.29 is 14.0 Å². The molecule has 0 aliphatic carbocycles. The summed E-state index contributed by atoms with van der Waals surface area (Å²) in [6.45, 7) is 6.08. The molecule has 0 heterocycles. The summed E-state index contributed by atoms with van der Waals surface area (Å²) in [5.41, 5.74) is 2.93. The van der Waals surface area contributed by atoms with Crippen molar-refractivity contribution in [2.24, 2.45) is 0 Å². The molecule has 0 amide bonds. The predicted molar refractivity (Wildman–Crippen MR) is 67.5 cm³/mol. The summed E-state index contributed by atoms with van der Waals surface area (Å²) in [5.74, 6) is 0. The smallest absolute Gasteiger partial charge is 0.321 e. The van der Waals surface area contributed by atoms with E-state index in [1.165, 1.54) is 0 Å². The molecule has 0 aromatic carbocycles. The lowest BCUT2D eigenvalue weighted by Gasteiger charge is -2.12. The largest absolute Gasteiger partial charge is 0.362 e. The maximum Gasteiger partial charge on any atom is 0.362 e. The van der Waals surface area contributed by atoms with E-state index in [9.17, 15) is 9.46 Å². The van der Waals surface area contributed by atoms with Gasteiger partial charge in [-0.3, -0.25) is 4.57 Å².